The predicted octanol–water partition coefficient (Wildman–Crippen LogP) is 4.55. The third kappa shape index (κ3) is 5.14. The Kier molecular flexibility index (Phi) is 6.99. The predicted molar refractivity (Wildman–Crippen MR) is 105 cm³/mol. The summed E-state index contributed by atoms with van der Waals surface area (Å²) in [7, 11) is 0. The maximum absolute atomic E-state index is 12.7. The van der Waals surface area contributed by atoms with Gasteiger partial charge in [0.1, 0.15) is 0 Å². The maximum Gasteiger partial charge on any atom is 0.310 e. The highest BCUT2D eigenvalue weighted by atomic mass is 35.5. The Labute approximate surface area is 167 Å². The minimum atomic E-state index is -0.785. The standard InChI is InChI=1S/C21H30ClN2O3/c1-3-4-5-6-7-15(2)20(25)27-21-11-10-16(13-24-21)12-18(21)26-19-9-8-17(22)14-23-19/h8-9,14-16,18,24H,2-7,10-13H2,1H3/t15?,16-,18-,21+/m1/s1. The van der Waals surface area contributed by atoms with Crippen molar-refractivity contribution in [1.82, 2.24) is 10.3 Å². The first kappa shape index (κ1) is 20.4. The summed E-state index contributed by atoms with van der Waals surface area (Å²) in [5, 5.41) is 3.99. The Hall–Kier alpha value is -1.33. The van der Waals surface area contributed by atoms with Crippen molar-refractivity contribution in [2.75, 3.05) is 6.54 Å². The number of carbonyl (C=O) groups excluding carboxylic acids is 1. The Bertz CT molecular complexity index is 614. The van der Waals surface area contributed by atoms with Crippen LogP contribution >= 0.6 is 11.6 Å². The van der Waals surface area contributed by atoms with Crippen LogP contribution in [-0.2, 0) is 9.53 Å². The fraction of sp³-hybridized carbons (Fsp3) is 0.667. The third-order valence-corrected chi connectivity index (χ3v) is 5.89. The van der Waals surface area contributed by atoms with Crippen LogP contribution < -0.4 is 10.1 Å². The van der Waals surface area contributed by atoms with Crippen molar-refractivity contribution in [3.63, 3.8) is 0 Å². The van der Waals surface area contributed by atoms with Gasteiger partial charge >= 0.3 is 5.97 Å². The van der Waals surface area contributed by atoms with E-state index in [2.05, 4.69) is 24.1 Å². The molecule has 1 unspecified atom stereocenters. The number of nitrogens with zero attached hydrogens (tertiary/aromatic N) is 1. The van der Waals surface area contributed by atoms with Gasteiger partial charge in [-0.15, -0.1) is 0 Å². The Morgan fingerprint density at radius 3 is 2.96 bits per heavy atom. The normalized spacial score (nSPS) is 28.0. The molecule has 3 fully saturated rings. The van der Waals surface area contributed by atoms with Gasteiger partial charge in [0.15, 0.2) is 6.10 Å². The highest BCUT2D eigenvalue weighted by Crippen LogP contribution is 2.40. The molecule has 1 radical (unpaired) electrons. The molecule has 27 heavy (non-hydrogen) atoms. The zero-order valence-corrected chi connectivity index (χ0v) is 16.8. The summed E-state index contributed by atoms with van der Waals surface area (Å²) in [5.74, 6) is 0.455. The summed E-state index contributed by atoms with van der Waals surface area (Å²) in [6.07, 6.45) is 9.23. The molecule has 2 saturated heterocycles. The number of carbonyl (C=O) groups is 1. The second-order valence-corrected chi connectivity index (χ2v) is 8.24. The number of ether oxygens (including phenoxy) is 2. The van der Waals surface area contributed by atoms with Crippen LogP contribution in [0.25, 0.3) is 0 Å². The molecule has 0 aromatic carbocycles. The van der Waals surface area contributed by atoms with Crippen molar-refractivity contribution in [2.24, 2.45) is 11.8 Å². The fourth-order valence-electron chi connectivity index (χ4n) is 3.97. The average Bonchev–Trinajstić information content (AvgIpc) is 2.68. The molecule has 4 atom stereocenters. The molecule has 1 saturated carbocycles. The molecule has 3 aliphatic rings. The van der Waals surface area contributed by atoms with Gasteiger partial charge in [0.05, 0.1) is 10.9 Å². The molecule has 0 amide bonds. The number of rotatable bonds is 9. The topological polar surface area (TPSA) is 60.5 Å². The lowest BCUT2D eigenvalue weighted by Crippen LogP contribution is -2.67. The van der Waals surface area contributed by atoms with Gasteiger partial charge in [-0.1, -0.05) is 44.2 Å². The van der Waals surface area contributed by atoms with Crippen LogP contribution in [0.1, 0.15) is 58.3 Å². The Morgan fingerprint density at radius 1 is 1.44 bits per heavy atom. The first-order chi connectivity index (χ1) is 13.0. The van der Waals surface area contributed by atoms with Crippen LogP contribution in [0, 0.1) is 18.8 Å². The van der Waals surface area contributed by atoms with Crippen LogP contribution in [0.3, 0.4) is 0 Å². The molecule has 1 N–H and O–H groups in total. The van der Waals surface area contributed by atoms with Gasteiger partial charge in [-0.25, -0.2) is 4.98 Å². The molecular weight excluding hydrogens is 364 g/mol. The molecule has 6 heteroatoms. The number of pyridine rings is 1. The van der Waals surface area contributed by atoms with Crippen LogP contribution in [0.5, 0.6) is 5.88 Å². The van der Waals surface area contributed by atoms with Gasteiger partial charge in [-0.05, 0) is 38.2 Å². The van der Waals surface area contributed by atoms with Crippen LogP contribution in [-0.4, -0.2) is 29.3 Å². The highest BCUT2D eigenvalue weighted by molar-refractivity contribution is 6.30. The quantitative estimate of drug-likeness (QED) is 0.492. The molecule has 2 aliphatic heterocycles. The molecule has 5 nitrogen and oxygen atoms in total. The molecule has 1 aliphatic carbocycles. The summed E-state index contributed by atoms with van der Waals surface area (Å²) in [4.78, 5) is 16.9. The monoisotopic (exact) mass is 393 g/mol. The number of aromatic nitrogens is 1. The molecular formula is C21H30ClN2O3. The van der Waals surface area contributed by atoms with Crippen LogP contribution in [0.4, 0.5) is 0 Å². The summed E-state index contributed by atoms with van der Waals surface area (Å²) >= 11 is 5.90. The van der Waals surface area contributed by atoms with Crippen LogP contribution in [0.15, 0.2) is 18.3 Å². The van der Waals surface area contributed by atoms with Gasteiger partial charge in [-0.2, -0.15) is 0 Å². The number of piperidine rings is 2. The number of unbranched alkanes of at least 4 members (excludes halogenated alkanes) is 3. The molecule has 1 aromatic rings. The van der Waals surface area contributed by atoms with Crippen molar-refractivity contribution >= 4 is 17.6 Å². The van der Waals surface area contributed by atoms with E-state index in [-0.39, 0.29) is 18.0 Å². The number of halogens is 1. The SMILES string of the molecule is [CH2]C(CCCCCC)C(=O)O[C@]12CC[C@@H](CN1)C[C@H]2Oc1ccc(Cl)cn1. The molecule has 2 bridgehead atoms. The average molecular weight is 394 g/mol. The third-order valence-electron chi connectivity index (χ3n) is 5.67. The lowest BCUT2D eigenvalue weighted by Gasteiger charge is -2.50. The van der Waals surface area contributed by atoms with E-state index in [1.807, 2.05) is 0 Å². The molecule has 1 aromatic heterocycles. The molecule has 0 spiro atoms. The first-order valence-corrected chi connectivity index (χ1v) is 10.5. The second-order valence-electron chi connectivity index (χ2n) is 7.80. The van der Waals surface area contributed by atoms with Gasteiger partial charge in [0.25, 0.3) is 0 Å². The second kappa shape index (κ2) is 9.24. The van der Waals surface area contributed by atoms with E-state index >= 15 is 0 Å². The molecule has 3 heterocycles. The van der Waals surface area contributed by atoms with Gasteiger partial charge in [-0.3, -0.25) is 10.1 Å². The number of fused-ring (bicyclic) bond motifs is 3. The lowest BCUT2D eigenvalue weighted by molar-refractivity contribution is -0.202. The van der Waals surface area contributed by atoms with Gasteiger partial charge in [0, 0.05) is 25.2 Å². The number of nitrogens with one attached hydrogen (secondary N) is 1. The smallest absolute Gasteiger partial charge is 0.310 e. The minimum absolute atomic E-state index is 0.239. The van der Waals surface area contributed by atoms with E-state index in [9.17, 15) is 4.79 Å². The summed E-state index contributed by atoms with van der Waals surface area (Å²) in [5.41, 5.74) is -0.785. The highest BCUT2D eigenvalue weighted by Gasteiger charge is 2.52. The zero-order valence-electron chi connectivity index (χ0n) is 16.1. The number of esters is 1. The van der Waals surface area contributed by atoms with Crippen molar-refractivity contribution in [3.8, 4) is 5.88 Å². The minimum Gasteiger partial charge on any atom is -0.469 e. The van der Waals surface area contributed by atoms with Crippen molar-refractivity contribution < 1.29 is 14.3 Å². The van der Waals surface area contributed by atoms with E-state index in [4.69, 9.17) is 21.1 Å². The number of hydrogen-bond acceptors (Lipinski definition) is 5. The first-order valence-electron chi connectivity index (χ1n) is 10.1. The Balaban J connectivity index is 1.62. The van der Waals surface area contributed by atoms with E-state index in [0.717, 1.165) is 45.1 Å². The molecule has 4 rings (SSSR count). The van der Waals surface area contributed by atoms with E-state index < -0.39 is 5.72 Å². The van der Waals surface area contributed by atoms with Crippen molar-refractivity contribution in [3.05, 3.63) is 30.3 Å². The maximum atomic E-state index is 12.7. The fourth-order valence-corrected chi connectivity index (χ4v) is 4.08. The summed E-state index contributed by atoms with van der Waals surface area (Å²) < 4.78 is 12.1. The number of hydrogen-bond donors (Lipinski definition) is 1. The molecule has 149 valence electrons. The summed E-state index contributed by atoms with van der Waals surface area (Å²) in [6.45, 7) is 7.05. The van der Waals surface area contributed by atoms with E-state index in [1.165, 1.54) is 12.8 Å². The lowest BCUT2D eigenvalue weighted by atomic mass is 9.76. The van der Waals surface area contributed by atoms with Crippen molar-refractivity contribution in [2.45, 2.75) is 70.1 Å². The van der Waals surface area contributed by atoms with Crippen molar-refractivity contribution in [1.29, 1.82) is 0 Å². The van der Waals surface area contributed by atoms with E-state index in [1.54, 1.807) is 18.3 Å². The summed E-state index contributed by atoms with van der Waals surface area (Å²) in [6, 6.07) is 3.50. The zero-order chi connectivity index (χ0) is 19.3. The van der Waals surface area contributed by atoms with Crippen LogP contribution in [0.2, 0.25) is 5.02 Å². The van der Waals surface area contributed by atoms with Gasteiger partial charge in [0.2, 0.25) is 11.6 Å². The Morgan fingerprint density at radius 2 is 2.30 bits per heavy atom. The van der Waals surface area contributed by atoms with Gasteiger partial charge < -0.3 is 9.47 Å². The van der Waals surface area contributed by atoms with E-state index in [0.29, 0.717) is 16.8 Å². The largest absolute Gasteiger partial charge is 0.469 e.